The third-order valence-electron chi connectivity index (χ3n) is 3.91. The van der Waals surface area contributed by atoms with Crippen LogP contribution in [0.5, 0.6) is 0 Å². The SMILES string of the molecule is CCNC(Cc1nc(C)c(C)s1)c1ccc(C(C)C)cc1. The Morgan fingerprint density at radius 1 is 1.10 bits per heavy atom. The van der Waals surface area contributed by atoms with E-state index < -0.39 is 0 Å². The van der Waals surface area contributed by atoms with E-state index in [1.165, 1.54) is 26.7 Å². The molecule has 1 atom stereocenters. The van der Waals surface area contributed by atoms with Gasteiger partial charge in [0.25, 0.3) is 0 Å². The number of nitrogens with one attached hydrogen (secondary N) is 1. The van der Waals surface area contributed by atoms with Crippen LogP contribution < -0.4 is 5.32 Å². The molecule has 0 aliphatic rings. The van der Waals surface area contributed by atoms with Gasteiger partial charge in [-0.1, -0.05) is 45.0 Å². The van der Waals surface area contributed by atoms with Gasteiger partial charge in [-0.05, 0) is 37.4 Å². The van der Waals surface area contributed by atoms with Crippen LogP contribution in [0.15, 0.2) is 24.3 Å². The van der Waals surface area contributed by atoms with E-state index >= 15 is 0 Å². The van der Waals surface area contributed by atoms with Crippen LogP contribution in [-0.2, 0) is 6.42 Å². The number of aryl methyl sites for hydroxylation is 2. The fourth-order valence-corrected chi connectivity index (χ4v) is 3.45. The molecule has 0 saturated heterocycles. The molecule has 3 heteroatoms. The zero-order valence-corrected chi connectivity index (χ0v) is 14.6. The fourth-order valence-electron chi connectivity index (χ4n) is 2.47. The number of rotatable bonds is 6. The Balaban J connectivity index is 2.17. The normalized spacial score (nSPS) is 12.9. The zero-order chi connectivity index (χ0) is 15.4. The standard InChI is InChI=1S/C18H26N2S/c1-6-19-17(11-18-20-13(4)14(5)21-18)16-9-7-15(8-10-16)12(2)3/h7-10,12,17,19H,6,11H2,1-5H3. The lowest BCUT2D eigenvalue weighted by Gasteiger charge is -2.18. The molecule has 1 aromatic carbocycles. The van der Waals surface area contributed by atoms with Crippen molar-refractivity contribution in [3.63, 3.8) is 0 Å². The Labute approximate surface area is 132 Å². The summed E-state index contributed by atoms with van der Waals surface area (Å²) >= 11 is 1.82. The molecule has 0 spiro atoms. The Morgan fingerprint density at radius 3 is 2.19 bits per heavy atom. The van der Waals surface area contributed by atoms with Crippen molar-refractivity contribution < 1.29 is 0 Å². The van der Waals surface area contributed by atoms with Crippen molar-refractivity contribution in [3.05, 3.63) is 51.0 Å². The van der Waals surface area contributed by atoms with Crippen LogP contribution in [0.4, 0.5) is 0 Å². The van der Waals surface area contributed by atoms with Gasteiger partial charge in [0.2, 0.25) is 0 Å². The van der Waals surface area contributed by atoms with Gasteiger partial charge in [-0.3, -0.25) is 0 Å². The first kappa shape index (κ1) is 16.2. The maximum atomic E-state index is 4.68. The Bertz CT molecular complexity index is 550. The van der Waals surface area contributed by atoms with Gasteiger partial charge < -0.3 is 5.32 Å². The van der Waals surface area contributed by atoms with E-state index in [-0.39, 0.29) is 0 Å². The third kappa shape index (κ3) is 4.14. The molecule has 0 aliphatic heterocycles. The van der Waals surface area contributed by atoms with Gasteiger partial charge in [0.1, 0.15) is 0 Å². The summed E-state index contributed by atoms with van der Waals surface area (Å²) in [6.45, 7) is 11.8. The van der Waals surface area contributed by atoms with E-state index in [4.69, 9.17) is 0 Å². The molecule has 2 rings (SSSR count). The third-order valence-corrected chi connectivity index (χ3v) is 5.00. The molecule has 1 N–H and O–H groups in total. The minimum absolute atomic E-state index is 0.348. The highest BCUT2D eigenvalue weighted by Gasteiger charge is 2.14. The molecule has 1 aromatic heterocycles. The monoisotopic (exact) mass is 302 g/mol. The number of hydrogen-bond acceptors (Lipinski definition) is 3. The molecule has 21 heavy (non-hydrogen) atoms. The van der Waals surface area contributed by atoms with Crippen LogP contribution >= 0.6 is 11.3 Å². The van der Waals surface area contributed by atoms with Crippen LogP contribution in [0, 0.1) is 13.8 Å². The van der Waals surface area contributed by atoms with Gasteiger partial charge in [-0.2, -0.15) is 0 Å². The first-order valence-electron chi connectivity index (χ1n) is 7.77. The molecular weight excluding hydrogens is 276 g/mol. The number of thiazole rings is 1. The second-order valence-electron chi connectivity index (χ2n) is 5.88. The predicted octanol–water partition coefficient (Wildman–Crippen LogP) is 4.78. The molecule has 0 amide bonds. The van der Waals surface area contributed by atoms with E-state index in [9.17, 15) is 0 Å². The number of nitrogens with zero attached hydrogens (tertiary/aromatic N) is 1. The van der Waals surface area contributed by atoms with Crippen LogP contribution in [0.1, 0.15) is 59.4 Å². The molecule has 1 heterocycles. The average Bonchev–Trinajstić information content (AvgIpc) is 2.77. The molecular formula is C18H26N2S. The molecule has 0 aliphatic carbocycles. The van der Waals surface area contributed by atoms with Crippen molar-refractivity contribution in [2.75, 3.05) is 6.54 Å². The summed E-state index contributed by atoms with van der Waals surface area (Å²) in [6, 6.07) is 9.37. The van der Waals surface area contributed by atoms with Crippen molar-refractivity contribution in [2.45, 2.75) is 53.0 Å². The molecule has 0 bridgehead atoms. The summed E-state index contributed by atoms with van der Waals surface area (Å²) in [5, 5.41) is 4.82. The lowest BCUT2D eigenvalue weighted by molar-refractivity contribution is 0.548. The van der Waals surface area contributed by atoms with E-state index in [1.54, 1.807) is 0 Å². The Morgan fingerprint density at radius 2 is 1.71 bits per heavy atom. The smallest absolute Gasteiger partial charge is 0.0949 e. The second kappa shape index (κ2) is 7.19. The van der Waals surface area contributed by atoms with Gasteiger partial charge in [-0.15, -0.1) is 11.3 Å². The summed E-state index contributed by atoms with van der Waals surface area (Å²) in [5.41, 5.74) is 3.92. The second-order valence-corrected chi connectivity index (χ2v) is 7.17. The Kier molecular flexibility index (Phi) is 5.54. The van der Waals surface area contributed by atoms with Crippen molar-refractivity contribution in [3.8, 4) is 0 Å². The van der Waals surface area contributed by atoms with Gasteiger partial charge >= 0.3 is 0 Å². The molecule has 0 radical (unpaired) electrons. The summed E-state index contributed by atoms with van der Waals surface area (Å²) in [5.74, 6) is 0.584. The highest BCUT2D eigenvalue weighted by molar-refractivity contribution is 7.11. The van der Waals surface area contributed by atoms with Gasteiger partial charge in [-0.25, -0.2) is 4.98 Å². The average molecular weight is 302 g/mol. The maximum absolute atomic E-state index is 4.68. The lowest BCUT2D eigenvalue weighted by atomic mass is 9.98. The molecule has 2 aromatic rings. The fraction of sp³-hybridized carbons (Fsp3) is 0.500. The number of hydrogen-bond donors (Lipinski definition) is 1. The van der Waals surface area contributed by atoms with Crippen LogP contribution in [0.25, 0.3) is 0 Å². The highest BCUT2D eigenvalue weighted by atomic mass is 32.1. The van der Waals surface area contributed by atoms with Crippen molar-refractivity contribution in [2.24, 2.45) is 0 Å². The predicted molar refractivity (Wildman–Crippen MR) is 92.2 cm³/mol. The topological polar surface area (TPSA) is 24.9 Å². The van der Waals surface area contributed by atoms with Crippen molar-refractivity contribution in [1.29, 1.82) is 0 Å². The Hall–Kier alpha value is -1.19. The largest absolute Gasteiger partial charge is 0.310 e. The molecule has 2 nitrogen and oxygen atoms in total. The number of benzene rings is 1. The van der Waals surface area contributed by atoms with Gasteiger partial charge in [0, 0.05) is 17.3 Å². The molecule has 0 fully saturated rings. The lowest BCUT2D eigenvalue weighted by Crippen LogP contribution is -2.23. The van der Waals surface area contributed by atoms with Crippen LogP contribution in [0.2, 0.25) is 0 Å². The first-order valence-corrected chi connectivity index (χ1v) is 8.59. The number of aromatic nitrogens is 1. The van der Waals surface area contributed by atoms with E-state index in [2.05, 4.69) is 69.2 Å². The summed E-state index contributed by atoms with van der Waals surface area (Å²) in [4.78, 5) is 6.01. The van der Waals surface area contributed by atoms with E-state index in [0.717, 1.165) is 13.0 Å². The number of likely N-dealkylation sites (N-methyl/N-ethyl adjacent to an activating group) is 1. The first-order chi connectivity index (χ1) is 10.0. The quantitative estimate of drug-likeness (QED) is 0.831. The molecule has 114 valence electrons. The van der Waals surface area contributed by atoms with Gasteiger partial charge in [0.15, 0.2) is 0 Å². The maximum Gasteiger partial charge on any atom is 0.0949 e. The molecule has 0 saturated carbocycles. The minimum atomic E-state index is 0.348. The van der Waals surface area contributed by atoms with Crippen molar-refractivity contribution >= 4 is 11.3 Å². The van der Waals surface area contributed by atoms with Crippen molar-refractivity contribution in [1.82, 2.24) is 10.3 Å². The van der Waals surface area contributed by atoms with Crippen LogP contribution in [0.3, 0.4) is 0 Å². The molecule has 1 unspecified atom stereocenters. The van der Waals surface area contributed by atoms with E-state index in [1.807, 2.05) is 11.3 Å². The summed E-state index contributed by atoms with van der Waals surface area (Å²) in [6.07, 6.45) is 0.966. The van der Waals surface area contributed by atoms with E-state index in [0.29, 0.717) is 12.0 Å². The summed E-state index contributed by atoms with van der Waals surface area (Å²) in [7, 11) is 0. The minimum Gasteiger partial charge on any atom is -0.310 e. The summed E-state index contributed by atoms with van der Waals surface area (Å²) < 4.78 is 0. The van der Waals surface area contributed by atoms with Gasteiger partial charge in [0.05, 0.1) is 10.7 Å². The zero-order valence-electron chi connectivity index (χ0n) is 13.7. The van der Waals surface area contributed by atoms with Crippen LogP contribution in [-0.4, -0.2) is 11.5 Å². The highest BCUT2D eigenvalue weighted by Crippen LogP contribution is 2.25.